The average Bonchev–Trinajstić information content (AvgIpc) is 2.87. The van der Waals surface area contributed by atoms with E-state index in [0.29, 0.717) is 26.2 Å². The highest BCUT2D eigenvalue weighted by Gasteiger charge is 2.44. The fourth-order valence-electron chi connectivity index (χ4n) is 2.45. The van der Waals surface area contributed by atoms with Crippen LogP contribution in [0.3, 0.4) is 0 Å². The molecule has 2 heterocycles. The number of hydrogen-bond donors (Lipinski definition) is 1. The Kier molecular flexibility index (Phi) is 3.66. The molecule has 2 rings (SSSR count). The summed E-state index contributed by atoms with van der Waals surface area (Å²) >= 11 is 0. The summed E-state index contributed by atoms with van der Waals surface area (Å²) in [4.78, 5) is 11.1. The van der Waals surface area contributed by atoms with Gasteiger partial charge < -0.3 is 9.84 Å². The SMILES string of the molecule is CC1(C(=O)O)CCN(S(=O)(=O)CC2CCOC2)C1. The van der Waals surface area contributed by atoms with E-state index in [1.54, 1.807) is 6.92 Å². The van der Waals surface area contributed by atoms with Crippen LogP contribution in [0.5, 0.6) is 0 Å². The van der Waals surface area contributed by atoms with Crippen molar-refractivity contribution >= 4 is 16.0 Å². The van der Waals surface area contributed by atoms with Crippen LogP contribution in [0.25, 0.3) is 0 Å². The Bertz CT molecular complexity index is 429. The van der Waals surface area contributed by atoms with Crippen molar-refractivity contribution in [2.75, 3.05) is 32.1 Å². The normalized spacial score (nSPS) is 33.9. The molecular weight excluding hydrogens is 258 g/mol. The zero-order valence-electron chi connectivity index (χ0n) is 10.5. The molecule has 104 valence electrons. The van der Waals surface area contributed by atoms with Crippen LogP contribution in [0, 0.1) is 11.3 Å². The monoisotopic (exact) mass is 277 g/mol. The highest BCUT2D eigenvalue weighted by molar-refractivity contribution is 7.89. The third kappa shape index (κ3) is 2.67. The molecule has 2 atom stereocenters. The summed E-state index contributed by atoms with van der Waals surface area (Å²) in [5, 5.41) is 9.10. The van der Waals surface area contributed by atoms with Crippen molar-refractivity contribution in [3.63, 3.8) is 0 Å². The van der Waals surface area contributed by atoms with Crippen molar-refractivity contribution < 1.29 is 23.1 Å². The zero-order valence-corrected chi connectivity index (χ0v) is 11.3. The van der Waals surface area contributed by atoms with Gasteiger partial charge in [-0.2, -0.15) is 0 Å². The summed E-state index contributed by atoms with van der Waals surface area (Å²) in [5.41, 5.74) is -0.945. The molecule has 2 saturated heterocycles. The van der Waals surface area contributed by atoms with E-state index < -0.39 is 21.4 Å². The molecule has 0 spiro atoms. The molecule has 0 aromatic heterocycles. The molecule has 0 bridgehead atoms. The lowest BCUT2D eigenvalue weighted by atomic mass is 9.90. The Morgan fingerprint density at radius 1 is 1.56 bits per heavy atom. The van der Waals surface area contributed by atoms with Gasteiger partial charge in [-0.05, 0) is 25.7 Å². The smallest absolute Gasteiger partial charge is 0.310 e. The number of rotatable bonds is 4. The molecule has 7 heteroatoms. The summed E-state index contributed by atoms with van der Waals surface area (Å²) in [6, 6.07) is 0. The van der Waals surface area contributed by atoms with E-state index in [2.05, 4.69) is 0 Å². The third-order valence-corrected chi connectivity index (χ3v) is 5.81. The summed E-state index contributed by atoms with van der Waals surface area (Å²) in [6.45, 7) is 3.09. The van der Waals surface area contributed by atoms with E-state index in [-0.39, 0.29) is 18.2 Å². The van der Waals surface area contributed by atoms with Crippen LogP contribution in [-0.2, 0) is 19.6 Å². The number of aliphatic carboxylic acids is 1. The number of ether oxygens (including phenoxy) is 1. The van der Waals surface area contributed by atoms with Gasteiger partial charge >= 0.3 is 5.97 Å². The van der Waals surface area contributed by atoms with E-state index in [4.69, 9.17) is 9.84 Å². The summed E-state index contributed by atoms with van der Waals surface area (Å²) in [5.74, 6) is -0.807. The maximum absolute atomic E-state index is 12.2. The van der Waals surface area contributed by atoms with Gasteiger partial charge in [-0.15, -0.1) is 0 Å². The van der Waals surface area contributed by atoms with E-state index in [0.717, 1.165) is 6.42 Å². The molecule has 2 fully saturated rings. The molecule has 2 aliphatic rings. The topological polar surface area (TPSA) is 83.9 Å². The minimum atomic E-state index is -3.36. The van der Waals surface area contributed by atoms with Gasteiger partial charge in [0.25, 0.3) is 0 Å². The van der Waals surface area contributed by atoms with Gasteiger partial charge in [0.15, 0.2) is 0 Å². The first kappa shape index (κ1) is 13.8. The molecule has 0 aromatic carbocycles. The predicted octanol–water partition coefficient (Wildman–Crippen LogP) is 0.149. The number of nitrogens with zero attached hydrogens (tertiary/aromatic N) is 1. The molecular formula is C11H19NO5S. The quantitative estimate of drug-likeness (QED) is 0.790. The second-order valence-corrected chi connectivity index (χ2v) is 7.47. The van der Waals surface area contributed by atoms with E-state index in [1.165, 1.54) is 4.31 Å². The van der Waals surface area contributed by atoms with Crippen molar-refractivity contribution in [2.24, 2.45) is 11.3 Å². The largest absolute Gasteiger partial charge is 0.481 e. The van der Waals surface area contributed by atoms with Crippen LogP contribution in [0.15, 0.2) is 0 Å². The minimum Gasteiger partial charge on any atom is -0.481 e. The van der Waals surface area contributed by atoms with Crippen molar-refractivity contribution in [3.8, 4) is 0 Å². The number of sulfonamides is 1. The lowest BCUT2D eigenvalue weighted by Crippen LogP contribution is -2.37. The van der Waals surface area contributed by atoms with Crippen LogP contribution in [0.1, 0.15) is 19.8 Å². The Labute approximate surface area is 107 Å². The second-order valence-electron chi connectivity index (χ2n) is 5.46. The molecule has 0 aromatic rings. The number of carboxylic acids is 1. The van der Waals surface area contributed by atoms with Crippen LogP contribution >= 0.6 is 0 Å². The minimum absolute atomic E-state index is 0.0479. The average molecular weight is 277 g/mol. The molecule has 0 aliphatic carbocycles. The Balaban J connectivity index is 2.01. The number of hydrogen-bond acceptors (Lipinski definition) is 4. The van der Waals surface area contributed by atoms with Crippen LogP contribution in [0.4, 0.5) is 0 Å². The first-order valence-electron chi connectivity index (χ1n) is 6.12. The van der Waals surface area contributed by atoms with E-state index in [1.807, 2.05) is 0 Å². The van der Waals surface area contributed by atoms with Gasteiger partial charge in [0, 0.05) is 19.7 Å². The highest BCUT2D eigenvalue weighted by Crippen LogP contribution is 2.32. The molecule has 18 heavy (non-hydrogen) atoms. The van der Waals surface area contributed by atoms with Gasteiger partial charge in [-0.1, -0.05) is 0 Å². The van der Waals surface area contributed by atoms with Gasteiger partial charge in [0.2, 0.25) is 10.0 Å². The maximum atomic E-state index is 12.2. The van der Waals surface area contributed by atoms with Gasteiger partial charge in [0.1, 0.15) is 0 Å². The Morgan fingerprint density at radius 3 is 2.78 bits per heavy atom. The van der Waals surface area contributed by atoms with Crippen molar-refractivity contribution in [2.45, 2.75) is 19.8 Å². The molecule has 6 nitrogen and oxygen atoms in total. The molecule has 0 amide bonds. The zero-order chi connectivity index (χ0) is 13.4. The molecule has 0 radical (unpaired) electrons. The fraction of sp³-hybridized carbons (Fsp3) is 0.909. The second kappa shape index (κ2) is 4.79. The molecule has 1 N–H and O–H groups in total. The lowest BCUT2D eigenvalue weighted by molar-refractivity contribution is -0.146. The van der Waals surface area contributed by atoms with E-state index >= 15 is 0 Å². The fourth-order valence-corrected chi connectivity index (χ4v) is 4.37. The van der Waals surface area contributed by atoms with E-state index in [9.17, 15) is 13.2 Å². The summed E-state index contributed by atoms with van der Waals surface area (Å²) < 4.78 is 30.8. The standard InChI is InChI=1S/C11H19NO5S/c1-11(10(13)14)3-4-12(8-11)18(15,16)7-9-2-5-17-6-9/h9H,2-8H2,1H3,(H,13,14). The molecule has 2 aliphatic heterocycles. The van der Waals surface area contributed by atoms with Gasteiger partial charge in [-0.25, -0.2) is 12.7 Å². The number of carbonyl (C=O) groups is 1. The van der Waals surface area contributed by atoms with Crippen molar-refractivity contribution in [1.82, 2.24) is 4.31 Å². The van der Waals surface area contributed by atoms with Crippen LogP contribution in [0.2, 0.25) is 0 Å². The van der Waals surface area contributed by atoms with Gasteiger partial charge in [0.05, 0.1) is 17.8 Å². The van der Waals surface area contributed by atoms with Crippen molar-refractivity contribution in [3.05, 3.63) is 0 Å². The third-order valence-electron chi connectivity index (χ3n) is 3.82. The number of carboxylic acid groups (broad SMARTS) is 1. The lowest BCUT2D eigenvalue weighted by Gasteiger charge is -2.21. The van der Waals surface area contributed by atoms with Crippen molar-refractivity contribution in [1.29, 1.82) is 0 Å². The summed E-state index contributed by atoms with van der Waals surface area (Å²) in [7, 11) is -3.36. The first-order valence-corrected chi connectivity index (χ1v) is 7.73. The maximum Gasteiger partial charge on any atom is 0.310 e. The molecule has 0 saturated carbocycles. The van der Waals surface area contributed by atoms with Crippen LogP contribution < -0.4 is 0 Å². The Morgan fingerprint density at radius 2 is 2.28 bits per heavy atom. The van der Waals surface area contributed by atoms with Gasteiger partial charge in [-0.3, -0.25) is 4.79 Å². The Hall–Kier alpha value is -0.660. The molecule has 2 unspecified atom stereocenters. The summed E-state index contributed by atoms with van der Waals surface area (Å²) in [6.07, 6.45) is 1.14. The predicted molar refractivity (Wildman–Crippen MR) is 64.6 cm³/mol. The highest BCUT2D eigenvalue weighted by atomic mass is 32.2. The first-order chi connectivity index (χ1) is 8.33. The van der Waals surface area contributed by atoms with Crippen LogP contribution in [-0.4, -0.2) is 55.9 Å².